The smallest absolute Gasteiger partial charge is 0.245 e. The summed E-state index contributed by atoms with van der Waals surface area (Å²) in [5, 5.41) is 12.7. The highest BCUT2D eigenvalue weighted by molar-refractivity contribution is 7.89. The summed E-state index contributed by atoms with van der Waals surface area (Å²) in [5.41, 5.74) is -0.515. The van der Waals surface area contributed by atoms with E-state index in [0.29, 0.717) is 19.0 Å². The number of ether oxygens (including phenoxy) is 1. The molecule has 0 bridgehead atoms. The van der Waals surface area contributed by atoms with E-state index >= 15 is 0 Å². The molecule has 26 heavy (non-hydrogen) atoms. The molecule has 1 saturated heterocycles. The SMILES string of the molecule is CC[C@H](C)[C@@H](CO)Nc1ccc(S(=O)(=O)N2CC(C)(C)OC[C@@H]2C)cn1. The highest BCUT2D eigenvalue weighted by Crippen LogP contribution is 2.27. The third-order valence-corrected chi connectivity index (χ3v) is 6.89. The third-order valence-electron chi connectivity index (χ3n) is 4.95. The zero-order chi connectivity index (χ0) is 19.5. The van der Waals surface area contributed by atoms with Crippen LogP contribution in [0.5, 0.6) is 0 Å². The van der Waals surface area contributed by atoms with Crippen LogP contribution in [-0.2, 0) is 14.8 Å². The highest BCUT2D eigenvalue weighted by atomic mass is 32.2. The van der Waals surface area contributed by atoms with Crippen molar-refractivity contribution in [1.82, 2.24) is 9.29 Å². The fourth-order valence-electron chi connectivity index (χ4n) is 2.92. The van der Waals surface area contributed by atoms with Gasteiger partial charge in [-0.1, -0.05) is 20.3 Å². The van der Waals surface area contributed by atoms with Crippen LogP contribution in [-0.4, -0.2) is 60.3 Å². The van der Waals surface area contributed by atoms with Gasteiger partial charge in [0.2, 0.25) is 10.0 Å². The molecule has 0 saturated carbocycles. The minimum absolute atomic E-state index is 0.00287. The van der Waals surface area contributed by atoms with E-state index in [0.717, 1.165) is 6.42 Å². The Hall–Kier alpha value is -1.22. The lowest BCUT2D eigenvalue weighted by Gasteiger charge is -2.41. The normalized spacial score (nSPS) is 23.4. The first-order valence-electron chi connectivity index (χ1n) is 9.10. The van der Waals surface area contributed by atoms with Gasteiger partial charge in [-0.3, -0.25) is 0 Å². The second-order valence-electron chi connectivity index (χ2n) is 7.67. The van der Waals surface area contributed by atoms with E-state index in [4.69, 9.17) is 4.74 Å². The summed E-state index contributed by atoms with van der Waals surface area (Å²) < 4.78 is 33.2. The van der Waals surface area contributed by atoms with Crippen molar-refractivity contribution in [1.29, 1.82) is 0 Å². The Morgan fingerprint density at radius 2 is 2.15 bits per heavy atom. The Kier molecular flexibility index (Phi) is 6.65. The average Bonchev–Trinajstić information content (AvgIpc) is 2.61. The summed E-state index contributed by atoms with van der Waals surface area (Å²) in [6, 6.07) is 2.86. The number of aliphatic hydroxyl groups is 1. The third kappa shape index (κ3) is 4.73. The van der Waals surface area contributed by atoms with Crippen molar-refractivity contribution in [2.45, 2.75) is 63.6 Å². The van der Waals surface area contributed by atoms with E-state index in [1.54, 1.807) is 12.1 Å². The first-order chi connectivity index (χ1) is 12.1. The molecule has 0 amide bonds. The molecule has 3 atom stereocenters. The molecule has 8 heteroatoms. The maximum Gasteiger partial charge on any atom is 0.245 e. The predicted molar refractivity (Wildman–Crippen MR) is 102 cm³/mol. The molecular weight excluding hydrogens is 354 g/mol. The molecule has 0 spiro atoms. The number of hydrogen-bond acceptors (Lipinski definition) is 6. The summed E-state index contributed by atoms with van der Waals surface area (Å²) in [6.07, 6.45) is 2.30. The molecule has 1 fully saturated rings. The molecule has 2 heterocycles. The van der Waals surface area contributed by atoms with Crippen molar-refractivity contribution >= 4 is 15.8 Å². The average molecular weight is 386 g/mol. The minimum Gasteiger partial charge on any atom is -0.394 e. The Bertz CT molecular complexity index is 691. The second kappa shape index (κ2) is 8.21. The Morgan fingerprint density at radius 3 is 2.69 bits per heavy atom. The maximum atomic E-state index is 13.0. The van der Waals surface area contributed by atoms with Gasteiger partial charge in [0.25, 0.3) is 0 Å². The van der Waals surface area contributed by atoms with Crippen LogP contribution in [0.1, 0.15) is 41.0 Å². The summed E-state index contributed by atoms with van der Waals surface area (Å²) in [4.78, 5) is 4.41. The number of aromatic nitrogens is 1. The Morgan fingerprint density at radius 1 is 1.46 bits per heavy atom. The number of rotatable bonds is 7. The van der Waals surface area contributed by atoms with Crippen LogP contribution in [0.25, 0.3) is 0 Å². The van der Waals surface area contributed by atoms with E-state index in [-0.39, 0.29) is 29.5 Å². The van der Waals surface area contributed by atoms with Crippen molar-refractivity contribution < 1.29 is 18.3 Å². The fraction of sp³-hybridized carbons (Fsp3) is 0.722. The van der Waals surface area contributed by atoms with E-state index in [1.807, 2.05) is 27.7 Å². The summed E-state index contributed by atoms with van der Waals surface area (Å²) in [5.74, 6) is 0.834. The van der Waals surface area contributed by atoms with Crippen LogP contribution in [0.4, 0.5) is 5.82 Å². The van der Waals surface area contributed by atoms with E-state index in [9.17, 15) is 13.5 Å². The van der Waals surface area contributed by atoms with Crippen LogP contribution in [0, 0.1) is 5.92 Å². The van der Waals surface area contributed by atoms with Crippen molar-refractivity contribution in [3.05, 3.63) is 18.3 Å². The molecule has 2 N–H and O–H groups in total. The van der Waals surface area contributed by atoms with Crippen LogP contribution in [0.15, 0.2) is 23.2 Å². The van der Waals surface area contributed by atoms with Crippen molar-refractivity contribution in [2.24, 2.45) is 5.92 Å². The van der Waals surface area contributed by atoms with Gasteiger partial charge in [-0.05, 0) is 38.8 Å². The molecule has 0 unspecified atom stereocenters. The quantitative estimate of drug-likeness (QED) is 0.747. The molecule has 0 radical (unpaired) electrons. The molecule has 0 aromatic carbocycles. The lowest BCUT2D eigenvalue weighted by molar-refractivity contribution is -0.0849. The van der Waals surface area contributed by atoms with Gasteiger partial charge in [-0.25, -0.2) is 13.4 Å². The van der Waals surface area contributed by atoms with Crippen LogP contribution >= 0.6 is 0 Å². The number of pyridine rings is 1. The number of aliphatic hydroxyl groups excluding tert-OH is 1. The topological polar surface area (TPSA) is 91.8 Å². The molecule has 0 aliphatic carbocycles. The molecular formula is C18H31N3O4S. The van der Waals surface area contributed by atoms with E-state index < -0.39 is 15.6 Å². The Labute approximate surface area is 156 Å². The van der Waals surface area contributed by atoms with Crippen LogP contribution in [0.2, 0.25) is 0 Å². The van der Waals surface area contributed by atoms with Gasteiger partial charge in [-0.15, -0.1) is 0 Å². The van der Waals surface area contributed by atoms with Gasteiger partial charge >= 0.3 is 0 Å². The standard InChI is InChI=1S/C18H31N3O4S/c1-6-13(2)16(10-22)20-17-8-7-15(9-19-17)26(23,24)21-12-18(4,5)25-11-14(21)3/h7-9,13-14,16,22H,6,10-12H2,1-5H3,(H,19,20)/t13-,14-,16+/m0/s1. The lowest BCUT2D eigenvalue weighted by atomic mass is 10.00. The predicted octanol–water partition coefficient (Wildman–Crippen LogP) is 2.09. The first-order valence-corrected chi connectivity index (χ1v) is 10.5. The van der Waals surface area contributed by atoms with Crippen molar-refractivity contribution in [2.75, 3.05) is 25.1 Å². The summed E-state index contributed by atoms with van der Waals surface area (Å²) in [7, 11) is -3.64. The van der Waals surface area contributed by atoms with Crippen molar-refractivity contribution in [3.63, 3.8) is 0 Å². The second-order valence-corrected chi connectivity index (χ2v) is 9.56. The molecule has 148 valence electrons. The minimum atomic E-state index is -3.64. The number of sulfonamides is 1. The first kappa shape index (κ1) is 21.1. The lowest BCUT2D eigenvalue weighted by Crippen LogP contribution is -2.54. The zero-order valence-electron chi connectivity index (χ0n) is 16.3. The van der Waals surface area contributed by atoms with Gasteiger partial charge in [0.1, 0.15) is 10.7 Å². The van der Waals surface area contributed by atoms with E-state index in [2.05, 4.69) is 17.2 Å². The molecule has 1 aliphatic heterocycles. The fourth-order valence-corrected chi connectivity index (χ4v) is 4.64. The maximum absolute atomic E-state index is 13.0. The molecule has 1 aliphatic rings. The number of nitrogens with one attached hydrogen (secondary N) is 1. The molecule has 2 rings (SSSR count). The van der Waals surface area contributed by atoms with Gasteiger partial charge in [0.15, 0.2) is 0 Å². The van der Waals surface area contributed by atoms with Crippen LogP contribution in [0.3, 0.4) is 0 Å². The number of hydrogen-bond donors (Lipinski definition) is 2. The van der Waals surface area contributed by atoms with Gasteiger partial charge in [0, 0.05) is 18.8 Å². The Balaban J connectivity index is 2.18. The summed E-state index contributed by atoms with van der Waals surface area (Å²) >= 11 is 0. The van der Waals surface area contributed by atoms with Gasteiger partial charge in [0.05, 0.1) is 24.9 Å². The monoisotopic (exact) mass is 385 g/mol. The summed E-state index contributed by atoms with van der Waals surface area (Å²) in [6.45, 7) is 10.4. The van der Waals surface area contributed by atoms with Crippen LogP contribution < -0.4 is 5.32 Å². The molecule has 7 nitrogen and oxygen atoms in total. The largest absolute Gasteiger partial charge is 0.394 e. The van der Waals surface area contributed by atoms with Crippen molar-refractivity contribution in [3.8, 4) is 0 Å². The van der Waals surface area contributed by atoms with E-state index in [1.165, 1.54) is 10.5 Å². The van der Waals surface area contributed by atoms with Gasteiger partial charge < -0.3 is 15.2 Å². The molecule has 1 aromatic heterocycles. The number of anilines is 1. The number of nitrogens with zero attached hydrogens (tertiary/aromatic N) is 2. The highest BCUT2D eigenvalue weighted by Gasteiger charge is 2.39. The zero-order valence-corrected chi connectivity index (χ0v) is 17.1. The van der Waals surface area contributed by atoms with Gasteiger partial charge in [-0.2, -0.15) is 4.31 Å². The number of morpholine rings is 1. The molecule has 1 aromatic rings.